The third-order valence-electron chi connectivity index (χ3n) is 4.12. The number of hydrogen-bond donors (Lipinski definition) is 1. The highest BCUT2D eigenvalue weighted by Gasteiger charge is 2.38. The topological polar surface area (TPSA) is 86.5 Å². The van der Waals surface area contributed by atoms with Gasteiger partial charge in [0.25, 0.3) is 0 Å². The number of rotatable bonds is 4. The Morgan fingerprint density at radius 1 is 1.29 bits per heavy atom. The first-order chi connectivity index (χ1) is 9.94. The minimum absolute atomic E-state index is 0.170. The van der Waals surface area contributed by atoms with E-state index in [1.807, 2.05) is 30.3 Å². The van der Waals surface area contributed by atoms with Crippen molar-refractivity contribution < 1.29 is 17.9 Å². The molecule has 0 radical (unpaired) electrons. The van der Waals surface area contributed by atoms with Crippen LogP contribution in [0.4, 0.5) is 0 Å². The SMILES string of the molecule is COC(=O)CS(=O)(=O)C1CC(c2ccccc2)CCC1N. The first kappa shape index (κ1) is 16.0. The zero-order valence-corrected chi connectivity index (χ0v) is 12.9. The fraction of sp³-hybridized carbons (Fsp3) is 0.533. The summed E-state index contributed by atoms with van der Waals surface area (Å²) in [6.07, 6.45) is 1.98. The van der Waals surface area contributed by atoms with Gasteiger partial charge in [0.15, 0.2) is 9.84 Å². The molecule has 0 aliphatic heterocycles. The molecule has 0 spiro atoms. The smallest absolute Gasteiger partial charge is 0.320 e. The molecule has 21 heavy (non-hydrogen) atoms. The molecule has 3 unspecified atom stereocenters. The van der Waals surface area contributed by atoms with Gasteiger partial charge in [0.1, 0.15) is 5.75 Å². The predicted molar refractivity (Wildman–Crippen MR) is 80.6 cm³/mol. The van der Waals surface area contributed by atoms with Crippen molar-refractivity contribution in [3.63, 3.8) is 0 Å². The zero-order chi connectivity index (χ0) is 15.5. The third kappa shape index (κ3) is 3.83. The summed E-state index contributed by atoms with van der Waals surface area (Å²) in [6.45, 7) is 0. The number of carbonyl (C=O) groups is 1. The third-order valence-corrected chi connectivity index (χ3v) is 6.22. The second-order valence-corrected chi connectivity index (χ2v) is 7.73. The number of sulfone groups is 1. The highest BCUT2D eigenvalue weighted by atomic mass is 32.2. The molecule has 5 nitrogen and oxygen atoms in total. The molecule has 0 saturated heterocycles. The summed E-state index contributed by atoms with van der Waals surface area (Å²) in [6, 6.07) is 9.42. The summed E-state index contributed by atoms with van der Waals surface area (Å²) in [4.78, 5) is 11.3. The van der Waals surface area contributed by atoms with E-state index in [4.69, 9.17) is 5.73 Å². The Kier molecular flexibility index (Phi) is 5.00. The van der Waals surface area contributed by atoms with Crippen LogP contribution in [0.1, 0.15) is 30.7 Å². The maximum atomic E-state index is 12.4. The molecule has 1 aromatic rings. The lowest BCUT2D eigenvalue weighted by Crippen LogP contribution is -2.46. The molecular formula is C15H21NO4S. The van der Waals surface area contributed by atoms with E-state index in [-0.39, 0.29) is 5.92 Å². The lowest BCUT2D eigenvalue weighted by molar-refractivity contribution is -0.137. The van der Waals surface area contributed by atoms with Crippen molar-refractivity contribution in [3.8, 4) is 0 Å². The molecule has 1 fully saturated rings. The van der Waals surface area contributed by atoms with E-state index in [1.54, 1.807) is 0 Å². The number of methoxy groups -OCH3 is 1. The van der Waals surface area contributed by atoms with Crippen LogP contribution in [-0.2, 0) is 19.4 Å². The first-order valence-corrected chi connectivity index (χ1v) is 8.74. The first-order valence-electron chi connectivity index (χ1n) is 7.03. The normalized spacial score (nSPS) is 26.3. The van der Waals surface area contributed by atoms with E-state index in [9.17, 15) is 13.2 Å². The summed E-state index contributed by atoms with van der Waals surface area (Å²) in [5, 5.41) is -0.685. The second kappa shape index (κ2) is 6.58. The molecule has 0 aromatic heterocycles. The lowest BCUT2D eigenvalue weighted by atomic mass is 9.82. The van der Waals surface area contributed by atoms with Crippen LogP contribution in [0.2, 0.25) is 0 Å². The standard InChI is InChI=1S/C15H21NO4S/c1-20-15(17)10-21(18,19)14-9-12(7-8-13(14)16)11-5-3-2-4-6-11/h2-6,12-14H,7-10,16H2,1H3. The Labute approximate surface area is 125 Å². The van der Waals surface area contributed by atoms with Crippen molar-refractivity contribution >= 4 is 15.8 Å². The lowest BCUT2D eigenvalue weighted by Gasteiger charge is -2.33. The van der Waals surface area contributed by atoms with E-state index in [1.165, 1.54) is 7.11 Å². The van der Waals surface area contributed by atoms with Crippen molar-refractivity contribution in [1.29, 1.82) is 0 Å². The van der Waals surface area contributed by atoms with Gasteiger partial charge in [-0.2, -0.15) is 0 Å². The van der Waals surface area contributed by atoms with Crippen molar-refractivity contribution in [2.24, 2.45) is 5.73 Å². The van der Waals surface area contributed by atoms with Gasteiger partial charge in [-0.3, -0.25) is 4.79 Å². The van der Waals surface area contributed by atoms with Crippen molar-refractivity contribution in [2.75, 3.05) is 12.9 Å². The maximum absolute atomic E-state index is 12.4. The average molecular weight is 311 g/mol. The van der Waals surface area contributed by atoms with Crippen LogP contribution in [-0.4, -0.2) is 38.5 Å². The number of benzene rings is 1. The molecule has 0 amide bonds. The molecule has 1 aliphatic carbocycles. The van der Waals surface area contributed by atoms with Gasteiger partial charge in [-0.05, 0) is 30.7 Å². The Balaban J connectivity index is 2.17. The summed E-state index contributed by atoms with van der Waals surface area (Å²) in [7, 11) is -2.40. The van der Waals surface area contributed by atoms with Gasteiger partial charge in [0, 0.05) is 6.04 Å². The molecule has 1 aliphatic rings. The minimum atomic E-state index is -3.58. The molecular weight excluding hydrogens is 290 g/mol. The van der Waals surface area contributed by atoms with Crippen molar-refractivity contribution in [1.82, 2.24) is 0 Å². The van der Waals surface area contributed by atoms with E-state index < -0.39 is 32.9 Å². The van der Waals surface area contributed by atoms with E-state index in [2.05, 4.69) is 4.74 Å². The number of nitrogens with two attached hydrogens (primary N) is 1. The molecule has 0 bridgehead atoms. The fourth-order valence-electron chi connectivity index (χ4n) is 2.92. The van der Waals surface area contributed by atoms with Crippen LogP contribution in [0.3, 0.4) is 0 Å². The molecule has 2 N–H and O–H groups in total. The van der Waals surface area contributed by atoms with Crippen molar-refractivity contribution in [2.45, 2.75) is 36.5 Å². The summed E-state index contributed by atoms with van der Waals surface area (Å²) in [5.74, 6) is -1.16. The van der Waals surface area contributed by atoms with Crippen LogP contribution in [0, 0.1) is 0 Å². The monoisotopic (exact) mass is 311 g/mol. The molecule has 116 valence electrons. The van der Waals surface area contributed by atoms with Gasteiger partial charge in [0.2, 0.25) is 0 Å². The minimum Gasteiger partial charge on any atom is -0.468 e. The maximum Gasteiger partial charge on any atom is 0.320 e. The van der Waals surface area contributed by atoms with Gasteiger partial charge in [-0.1, -0.05) is 30.3 Å². The number of esters is 1. The Morgan fingerprint density at radius 2 is 1.95 bits per heavy atom. The fourth-order valence-corrected chi connectivity index (χ4v) is 4.78. The zero-order valence-electron chi connectivity index (χ0n) is 12.1. The molecule has 2 rings (SSSR count). The quantitative estimate of drug-likeness (QED) is 0.845. The number of ether oxygens (including phenoxy) is 1. The summed E-state index contributed by atoms with van der Waals surface area (Å²) in [5.41, 5.74) is 7.12. The van der Waals surface area contributed by atoms with Crippen LogP contribution in [0.5, 0.6) is 0 Å². The van der Waals surface area contributed by atoms with Crippen molar-refractivity contribution in [3.05, 3.63) is 35.9 Å². The molecule has 6 heteroatoms. The molecule has 0 heterocycles. The Morgan fingerprint density at radius 3 is 2.57 bits per heavy atom. The molecule has 1 saturated carbocycles. The van der Waals surface area contributed by atoms with Crippen LogP contribution >= 0.6 is 0 Å². The number of hydrogen-bond acceptors (Lipinski definition) is 5. The van der Waals surface area contributed by atoms with E-state index >= 15 is 0 Å². The van der Waals surface area contributed by atoms with Gasteiger partial charge in [-0.15, -0.1) is 0 Å². The van der Waals surface area contributed by atoms with E-state index in [0.717, 1.165) is 12.0 Å². The highest BCUT2D eigenvalue weighted by molar-refractivity contribution is 7.92. The Bertz CT molecular complexity index is 585. The summed E-state index contributed by atoms with van der Waals surface area (Å²) >= 11 is 0. The number of carbonyl (C=O) groups excluding carboxylic acids is 1. The van der Waals surface area contributed by atoms with Crippen LogP contribution < -0.4 is 5.73 Å². The van der Waals surface area contributed by atoms with Gasteiger partial charge < -0.3 is 10.5 Å². The average Bonchev–Trinajstić information content (AvgIpc) is 2.48. The predicted octanol–water partition coefficient (Wildman–Crippen LogP) is 1.24. The highest BCUT2D eigenvalue weighted by Crippen LogP contribution is 2.35. The second-order valence-electron chi connectivity index (χ2n) is 5.51. The van der Waals surface area contributed by atoms with E-state index in [0.29, 0.717) is 12.8 Å². The summed E-state index contributed by atoms with van der Waals surface area (Å²) < 4.78 is 29.2. The molecule has 3 atom stereocenters. The Hall–Kier alpha value is -1.40. The largest absolute Gasteiger partial charge is 0.468 e. The van der Waals surface area contributed by atoms with Gasteiger partial charge >= 0.3 is 5.97 Å². The van der Waals surface area contributed by atoms with Gasteiger partial charge in [-0.25, -0.2) is 8.42 Å². The van der Waals surface area contributed by atoms with Gasteiger partial charge in [0.05, 0.1) is 12.4 Å². The van der Waals surface area contributed by atoms with Crippen LogP contribution in [0.25, 0.3) is 0 Å². The van der Waals surface area contributed by atoms with Crippen LogP contribution in [0.15, 0.2) is 30.3 Å². The molecule has 1 aromatic carbocycles.